The summed E-state index contributed by atoms with van der Waals surface area (Å²) in [5, 5.41) is 0. The Morgan fingerprint density at radius 2 is 1.91 bits per heavy atom. The van der Waals surface area contributed by atoms with Crippen LogP contribution in [0.4, 0.5) is 5.69 Å². The molecule has 0 fully saturated rings. The highest BCUT2D eigenvalue weighted by Crippen LogP contribution is 2.40. The van der Waals surface area contributed by atoms with Crippen LogP contribution in [0.2, 0.25) is 0 Å². The molecule has 0 aromatic heterocycles. The number of hydrogen-bond donors (Lipinski definition) is 2. The smallest absolute Gasteiger partial charge is 0.228 e. The van der Waals surface area contributed by atoms with Crippen LogP contribution in [0.25, 0.3) is 5.57 Å². The number of benzene rings is 1. The zero-order valence-electron chi connectivity index (χ0n) is 13.6. The first-order valence-electron chi connectivity index (χ1n) is 7.26. The van der Waals surface area contributed by atoms with Gasteiger partial charge in [-0.25, -0.2) is 0 Å². The molecule has 0 aliphatic heterocycles. The molecule has 5 nitrogen and oxygen atoms in total. The number of nitrogen functional groups attached to an aromatic ring is 1. The average molecular weight is 304 g/mol. The van der Waals surface area contributed by atoms with E-state index < -0.39 is 11.9 Å². The van der Waals surface area contributed by atoms with Crippen LogP contribution < -0.4 is 11.5 Å². The van der Waals surface area contributed by atoms with Crippen LogP contribution in [0, 0.1) is 6.92 Å². The molecule has 4 N–H and O–H groups in total. The number of nitrogens with two attached hydrogens (primary N) is 2. The standard InChI is InChI=1S/C17H24N2O3/c1-5-22-17(21-4)13(7-9-15(19)16(17)20-3)12-6-8-14(18)11(2)10-12/h6-10,16H,5,18-19H2,1-4H3. The molecule has 2 rings (SSSR count). The third-order valence-electron chi connectivity index (χ3n) is 3.94. The van der Waals surface area contributed by atoms with Crippen LogP contribution in [0.15, 0.2) is 36.0 Å². The van der Waals surface area contributed by atoms with E-state index in [-0.39, 0.29) is 0 Å². The predicted molar refractivity (Wildman–Crippen MR) is 88.0 cm³/mol. The lowest BCUT2D eigenvalue weighted by Gasteiger charge is -2.42. The van der Waals surface area contributed by atoms with Gasteiger partial charge < -0.3 is 25.7 Å². The highest BCUT2D eigenvalue weighted by atomic mass is 16.7. The topological polar surface area (TPSA) is 79.7 Å². The van der Waals surface area contributed by atoms with Gasteiger partial charge in [0.05, 0.1) is 0 Å². The van der Waals surface area contributed by atoms with Crippen LogP contribution >= 0.6 is 0 Å². The summed E-state index contributed by atoms with van der Waals surface area (Å²) in [4.78, 5) is 0. The molecule has 1 aliphatic carbocycles. The van der Waals surface area contributed by atoms with Crippen molar-refractivity contribution >= 4 is 11.3 Å². The zero-order chi connectivity index (χ0) is 16.3. The van der Waals surface area contributed by atoms with E-state index in [1.165, 1.54) is 0 Å². The Morgan fingerprint density at radius 3 is 2.45 bits per heavy atom. The lowest BCUT2D eigenvalue weighted by molar-refractivity contribution is -0.227. The molecule has 1 aromatic carbocycles. The van der Waals surface area contributed by atoms with Gasteiger partial charge in [0.1, 0.15) is 0 Å². The zero-order valence-corrected chi connectivity index (χ0v) is 13.6. The molecule has 22 heavy (non-hydrogen) atoms. The minimum absolute atomic E-state index is 0.465. The highest BCUT2D eigenvalue weighted by Gasteiger charge is 2.47. The number of rotatable bonds is 5. The van der Waals surface area contributed by atoms with Gasteiger partial charge in [-0.15, -0.1) is 0 Å². The van der Waals surface area contributed by atoms with Gasteiger partial charge in [0.15, 0.2) is 6.10 Å². The third kappa shape index (κ3) is 2.63. The Hall–Kier alpha value is -1.82. The van der Waals surface area contributed by atoms with E-state index in [0.717, 1.165) is 22.4 Å². The van der Waals surface area contributed by atoms with Gasteiger partial charge in [-0.1, -0.05) is 12.1 Å². The van der Waals surface area contributed by atoms with E-state index in [4.69, 9.17) is 25.7 Å². The number of allylic oxidation sites excluding steroid dienone is 2. The minimum Gasteiger partial charge on any atom is -0.400 e. The van der Waals surface area contributed by atoms with Crippen molar-refractivity contribution in [1.82, 2.24) is 0 Å². The van der Waals surface area contributed by atoms with E-state index in [9.17, 15) is 0 Å². The van der Waals surface area contributed by atoms with Gasteiger partial charge in [0.2, 0.25) is 5.79 Å². The first-order chi connectivity index (χ1) is 10.5. The van der Waals surface area contributed by atoms with Crippen LogP contribution in [-0.4, -0.2) is 32.7 Å². The Morgan fingerprint density at radius 1 is 1.18 bits per heavy atom. The van der Waals surface area contributed by atoms with Gasteiger partial charge in [0, 0.05) is 37.8 Å². The first-order valence-corrected chi connectivity index (χ1v) is 7.26. The Balaban J connectivity index is 2.60. The van der Waals surface area contributed by atoms with Crippen molar-refractivity contribution < 1.29 is 14.2 Å². The summed E-state index contributed by atoms with van der Waals surface area (Å²) in [6.07, 6.45) is 3.22. The summed E-state index contributed by atoms with van der Waals surface area (Å²) >= 11 is 0. The summed E-state index contributed by atoms with van der Waals surface area (Å²) in [7, 11) is 3.19. The number of hydrogen-bond acceptors (Lipinski definition) is 5. The molecule has 1 aliphatic rings. The summed E-state index contributed by atoms with van der Waals surface area (Å²) < 4.78 is 17.3. The Bertz CT molecular complexity index is 610. The largest absolute Gasteiger partial charge is 0.400 e. The van der Waals surface area contributed by atoms with E-state index in [1.807, 2.05) is 44.2 Å². The number of ether oxygens (including phenoxy) is 3. The van der Waals surface area contributed by atoms with Crippen LogP contribution in [-0.2, 0) is 14.2 Å². The Labute approximate surface area is 131 Å². The molecule has 1 aromatic rings. The fourth-order valence-electron chi connectivity index (χ4n) is 2.82. The van der Waals surface area contributed by atoms with E-state index >= 15 is 0 Å². The van der Waals surface area contributed by atoms with Crippen molar-refractivity contribution in [3.8, 4) is 0 Å². The lowest BCUT2D eigenvalue weighted by atomic mass is 9.86. The van der Waals surface area contributed by atoms with Gasteiger partial charge in [-0.3, -0.25) is 0 Å². The van der Waals surface area contributed by atoms with Crippen molar-refractivity contribution in [2.24, 2.45) is 5.73 Å². The molecule has 0 radical (unpaired) electrons. The molecular formula is C17H24N2O3. The van der Waals surface area contributed by atoms with Crippen molar-refractivity contribution in [2.75, 3.05) is 26.6 Å². The molecule has 0 bridgehead atoms. The third-order valence-corrected chi connectivity index (χ3v) is 3.94. The fourth-order valence-corrected chi connectivity index (χ4v) is 2.82. The molecule has 2 atom stereocenters. The highest BCUT2D eigenvalue weighted by molar-refractivity contribution is 5.77. The van der Waals surface area contributed by atoms with Gasteiger partial charge in [-0.05, 0) is 43.2 Å². The van der Waals surface area contributed by atoms with Crippen molar-refractivity contribution in [3.63, 3.8) is 0 Å². The summed E-state index contributed by atoms with van der Waals surface area (Å²) in [5.41, 5.74) is 16.1. The molecule has 120 valence electrons. The Kier molecular flexibility index (Phi) is 4.90. The number of aryl methyl sites for hydroxylation is 1. The number of methoxy groups -OCH3 is 2. The van der Waals surface area contributed by atoms with Gasteiger partial charge in [-0.2, -0.15) is 0 Å². The molecule has 0 saturated heterocycles. The molecular weight excluding hydrogens is 280 g/mol. The van der Waals surface area contributed by atoms with Crippen molar-refractivity contribution in [2.45, 2.75) is 25.7 Å². The van der Waals surface area contributed by atoms with Crippen molar-refractivity contribution in [1.29, 1.82) is 0 Å². The van der Waals surface area contributed by atoms with E-state index in [1.54, 1.807) is 14.2 Å². The SMILES string of the molecule is CCOC1(OC)C(c2ccc(N)c(C)c2)=CC=C(N)C1OC. The lowest BCUT2D eigenvalue weighted by Crippen LogP contribution is -2.52. The molecule has 0 heterocycles. The van der Waals surface area contributed by atoms with Gasteiger partial charge in [0.25, 0.3) is 0 Å². The second kappa shape index (κ2) is 6.52. The fraction of sp³-hybridized carbons (Fsp3) is 0.412. The molecule has 0 spiro atoms. The van der Waals surface area contributed by atoms with Crippen LogP contribution in [0.1, 0.15) is 18.1 Å². The van der Waals surface area contributed by atoms with Crippen LogP contribution in [0.3, 0.4) is 0 Å². The molecule has 0 amide bonds. The monoisotopic (exact) mass is 304 g/mol. The minimum atomic E-state index is -1.08. The second-order valence-electron chi connectivity index (χ2n) is 5.24. The predicted octanol–water partition coefficient (Wildman–Crippen LogP) is 2.21. The normalized spacial score (nSPS) is 24.8. The molecule has 0 saturated carbocycles. The maximum absolute atomic E-state index is 6.08. The van der Waals surface area contributed by atoms with Crippen LogP contribution in [0.5, 0.6) is 0 Å². The quantitative estimate of drug-likeness (QED) is 0.644. The van der Waals surface area contributed by atoms with Crippen molar-refractivity contribution in [3.05, 3.63) is 47.2 Å². The van der Waals surface area contributed by atoms with E-state index in [2.05, 4.69) is 0 Å². The first kappa shape index (κ1) is 16.5. The maximum atomic E-state index is 6.08. The molecule has 2 unspecified atom stereocenters. The average Bonchev–Trinajstić information content (AvgIpc) is 2.50. The molecule has 5 heteroatoms. The van der Waals surface area contributed by atoms with Gasteiger partial charge >= 0.3 is 0 Å². The summed E-state index contributed by atoms with van der Waals surface area (Å²) in [5.74, 6) is -1.08. The van der Waals surface area contributed by atoms with E-state index in [0.29, 0.717) is 12.3 Å². The maximum Gasteiger partial charge on any atom is 0.228 e. The number of anilines is 1. The summed E-state index contributed by atoms with van der Waals surface area (Å²) in [6, 6.07) is 5.83. The summed E-state index contributed by atoms with van der Waals surface area (Å²) in [6.45, 7) is 4.34. The second-order valence-corrected chi connectivity index (χ2v) is 5.24.